The molecule has 0 aromatic carbocycles. The Morgan fingerprint density at radius 1 is 1.38 bits per heavy atom. The highest BCUT2D eigenvalue weighted by atomic mass is 19.1. The van der Waals surface area contributed by atoms with Gasteiger partial charge in [0.15, 0.2) is 0 Å². The standard InChI is InChI=1S/C11H21FN2O2/c1-11(2,3)16-10(15)14-6-8(12)9(7-14)13(4)5/h8-9H,6-7H2,1-5H3/t8-,9+/m1/s1. The second kappa shape index (κ2) is 4.57. The number of likely N-dealkylation sites (tertiary alicyclic amines) is 1. The van der Waals surface area contributed by atoms with Crippen LogP contribution in [0.25, 0.3) is 0 Å². The fourth-order valence-electron chi connectivity index (χ4n) is 1.71. The van der Waals surface area contributed by atoms with Crippen LogP contribution in [0.3, 0.4) is 0 Å². The molecule has 94 valence electrons. The molecule has 1 rings (SSSR count). The number of alkyl halides is 1. The van der Waals surface area contributed by atoms with Crippen molar-refractivity contribution in [1.29, 1.82) is 0 Å². The Kier molecular flexibility index (Phi) is 3.78. The molecule has 1 aliphatic heterocycles. The van der Waals surface area contributed by atoms with Crippen molar-refractivity contribution >= 4 is 6.09 Å². The molecule has 1 amide bonds. The van der Waals surface area contributed by atoms with E-state index in [1.165, 1.54) is 4.90 Å². The highest BCUT2D eigenvalue weighted by molar-refractivity contribution is 5.68. The molecule has 1 fully saturated rings. The first-order chi connectivity index (χ1) is 7.20. The topological polar surface area (TPSA) is 32.8 Å². The van der Waals surface area contributed by atoms with Gasteiger partial charge in [-0.15, -0.1) is 0 Å². The Bertz CT molecular complexity index is 263. The average Bonchev–Trinajstić information content (AvgIpc) is 2.44. The number of likely N-dealkylation sites (N-methyl/N-ethyl adjacent to an activating group) is 1. The molecule has 2 atom stereocenters. The van der Waals surface area contributed by atoms with E-state index in [-0.39, 0.29) is 12.6 Å². The Morgan fingerprint density at radius 2 is 1.94 bits per heavy atom. The number of carbonyl (C=O) groups is 1. The van der Waals surface area contributed by atoms with Crippen LogP contribution in [0.4, 0.5) is 9.18 Å². The molecule has 1 aliphatic rings. The van der Waals surface area contributed by atoms with Gasteiger partial charge in [-0.1, -0.05) is 0 Å². The molecule has 1 heterocycles. The maximum atomic E-state index is 13.6. The quantitative estimate of drug-likeness (QED) is 0.687. The summed E-state index contributed by atoms with van der Waals surface area (Å²) in [5, 5.41) is 0. The van der Waals surface area contributed by atoms with Crippen molar-refractivity contribution in [2.24, 2.45) is 0 Å². The van der Waals surface area contributed by atoms with Crippen LogP contribution in [-0.4, -0.2) is 60.9 Å². The first-order valence-electron chi connectivity index (χ1n) is 5.49. The average molecular weight is 232 g/mol. The largest absolute Gasteiger partial charge is 0.444 e. The van der Waals surface area contributed by atoms with Crippen LogP contribution in [0.1, 0.15) is 20.8 Å². The summed E-state index contributed by atoms with van der Waals surface area (Å²) in [4.78, 5) is 14.9. The zero-order valence-corrected chi connectivity index (χ0v) is 10.7. The third-order valence-electron chi connectivity index (χ3n) is 2.53. The lowest BCUT2D eigenvalue weighted by Gasteiger charge is -2.24. The van der Waals surface area contributed by atoms with E-state index < -0.39 is 17.9 Å². The molecule has 0 saturated carbocycles. The van der Waals surface area contributed by atoms with Gasteiger partial charge >= 0.3 is 6.09 Å². The van der Waals surface area contributed by atoms with Gasteiger partial charge in [0, 0.05) is 6.54 Å². The van der Waals surface area contributed by atoms with Crippen LogP contribution in [0.2, 0.25) is 0 Å². The predicted octanol–water partition coefficient (Wildman–Crippen LogP) is 1.51. The van der Waals surface area contributed by atoms with Gasteiger partial charge in [0.05, 0.1) is 12.6 Å². The number of amides is 1. The molecule has 0 aromatic heterocycles. The van der Waals surface area contributed by atoms with Crippen LogP contribution in [0, 0.1) is 0 Å². The Hall–Kier alpha value is -0.840. The summed E-state index contributed by atoms with van der Waals surface area (Å²) < 4.78 is 18.8. The zero-order valence-electron chi connectivity index (χ0n) is 10.7. The Balaban J connectivity index is 2.55. The second-order valence-electron chi connectivity index (χ2n) is 5.43. The summed E-state index contributed by atoms with van der Waals surface area (Å²) >= 11 is 0. The summed E-state index contributed by atoms with van der Waals surface area (Å²) in [6.45, 7) is 5.92. The van der Waals surface area contributed by atoms with Gasteiger partial charge in [-0.25, -0.2) is 9.18 Å². The van der Waals surface area contributed by atoms with E-state index in [4.69, 9.17) is 4.74 Å². The van der Waals surface area contributed by atoms with Gasteiger partial charge in [-0.3, -0.25) is 0 Å². The summed E-state index contributed by atoms with van der Waals surface area (Å²) in [5.74, 6) is 0. The van der Waals surface area contributed by atoms with E-state index in [1.807, 2.05) is 14.1 Å². The van der Waals surface area contributed by atoms with Gasteiger partial charge in [-0.2, -0.15) is 0 Å². The maximum Gasteiger partial charge on any atom is 0.410 e. The molecule has 0 radical (unpaired) electrons. The van der Waals surface area contributed by atoms with Crippen LogP contribution < -0.4 is 0 Å². The van der Waals surface area contributed by atoms with Crippen LogP contribution in [0.15, 0.2) is 0 Å². The third-order valence-corrected chi connectivity index (χ3v) is 2.53. The van der Waals surface area contributed by atoms with E-state index in [9.17, 15) is 9.18 Å². The smallest absolute Gasteiger partial charge is 0.410 e. The fourth-order valence-corrected chi connectivity index (χ4v) is 1.71. The van der Waals surface area contributed by atoms with E-state index >= 15 is 0 Å². The molecule has 16 heavy (non-hydrogen) atoms. The van der Waals surface area contributed by atoms with Crippen molar-refractivity contribution in [2.75, 3.05) is 27.2 Å². The second-order valence-corrected chi connectivity index (χ2v) is 5.43. The minimum absolute atomic E-state index is 0.123. The van der Waals surface area contributed by atoms with Crippen molar-refractivity contribution in [3.63, 3.8) is 0 Å². The van der Waals surface area contributed by atoms with E-state index in [0.717, 1.165) is 0 Å². The van der Waals surface area contributed by atoms with Crippen LogP contribution >= 0.6 is 0 Å². The van der Waals surface area contributed by atoms with Crippen molar-refractivity contribution in [1.82, 2.24) is 9.80 Å². The van der Waals surface area contributed by atoms with Crippen molar-refractivity contribution in [3.8, 4) is 0 Å². The summed E-state index contributed by atoms with van der Waals surface area (Å²) in [6, 6.07) is -0.229. The monoisotopic (exact) mass is 232 g/mol. The summed E-state index contributed by atoms with van der Waals surface area (Å²) in [6.07, 6.45) is -1.43. The molecule has 4 nitrogen and oxygen atoms in total. The number of hydrogen-bond donors (Lipinski definition) is 0. The van der Waals surface area contributed by atoms with E-state index in [2.05, 4.69) is 0 Å². The lowest BCUT2D eigenvalue weighted by atomic mass is 10.2. The predicted molar refractivity (Wildman–Crippen MR) is 60.2 cm³/mol. The number of rotatable bonds is 1. The number of hydrogen-bond acceptors (Lipinski definition) is 3. The first kappa shape index (κ1) is 13.2. The minimum atomic E-state index is -0.998. The van der Waals surface area contributed by atoms with Gasteiger partial charge in [-0.05, 0) is 34.9 Å². The molecule has 0 aliphatic carbocycles. The summed E-state index contributed by atoms with van der Waals surface area (Å²) in [5.41, 5.74) is -0.529. The van der Waals surface area contributed by atoms with Gasteiger partial charge in [0.1, 0.15) is 11.8 Å². The zero-order chi connectivity index (χ0) is 12.5. The highest BCUT2D eigenvalue weighted by Gasteiger charge is 2.38. The molecule has 0 aromatic rings. The SMILES string of the molecule is CN(C)[C@H]1CN(C(=O)OC(C)(C)C)C[C@H]1F. The highest BCUT2D eigenvalue weighted by Crippen LogP contribution is 2.19. The van der Waals surface area contributed by atoms with Crippen molar-refractivity contribution in [2.45, 2.75) is 38.6 Å². The number of halogens is 1. The molecule has 0 N–H and O–H groups in total. The number of carbonyl (C=O) groups excluding carboxylic acids is 1. The minimum Gasteiger partial charge on any atom is -0.444 e. The van der Waals surface area contributed by atoms with Crippen LogP contribution in [0.5, 0.6) is 0 Å². The molecular formula is C11H21FN2O2. The molecule has 5 heteroatoms. The Morgan fingerprint density at radius 3 is 2.31 bits per heavy atom. The first-order valence-corrected chi connectivity index (χ1v) is 5.49. The Labute approximate surface area is 96.3 Å². The lowest BCUT2D eigenvalue weighted by molar-refractivity contribution is 0.0279. The molecule has 0 bridgehead atoms. The van der Waals surface area contributed by atoms with Gasteiger partial charge < -0.3 is 14.5 Å². The van der Waals surface area contributed by atoms with Gasteiger partial charge in [0.25, 0.3) is 0 Å². The van der Waals surface area contributed by atoms with Crippen molar-refractivity contribution in [3.05, 3.63) is 0 Å². The van der Waals surface area contributed by atoms with Crippen molar-refractivity contribution < 1.29 is 13.9 Å². The van der Waals surface area contributed by atoms with E-state index in [0.29, 0.717) is 6.54 Å². The molecule has 1 saturated heterocycles. The third kappa shape index (κ3) is 3.33. The number of ether oxygens (including phenoxy) is 1. The van der Waals surface area contributed by atoms with Gasteiger partial charge in [0.2, 0.25) is 0 Å². The lowest BCUT2D eigenvalue weighted by Crippen LogP contribution is -2.38. The maximum absolute atomic E-state index is 13.6. The summed E-state index contributed by atoms with van der Waals surface area (Å²) in [7, 11) is 3.63. The molecule has 0 unspecified atom stereocenters. The van der Waals surface area contributed by atoms with Crippen LogP contribution in [-0.2, 0) is 4.74 Å². The fraction of sp³-hybridized carbons (Fsp3) is 0.909. The molecule has 0 spiro atoms. The number of nitrogens with zero attached hydrogens (tertiary/aromatic N) is 2. The normalized spacial score (nSPS) is 26.3. The molecular weight excluding hydrogens is 211 g/mol. The van der Waals surface area contributed by atoms with E-state index in [1.54, 1.807) is 25.7 Å².